The molecule has 0 spiro atoms. The molecule has 0 amide bonds. The van der Waals surface area contributed by atoms with Crippen molar-refractivity contribution in [3.8, 4) is 17.4 Å². The minimum atomic E-state index is 0.181. The second-order valence-electron chi connectivity index (χ2n) is 3.03. The summed E-state index contributed by atoms with van der Waals surface area (Å²) in [6.45, 7) is 0. The van der Waals surface area contributed by atoms with Crippen LogP contribution in [-0.2, 0) is 0 Å². The minimum Gasteiger partial charge on any atom is -0.497 e. The van der Waals surface area contributed by atoms with Gasteiger partial charge in [-0.15, -0.1) is 0 Å². The number of nitrogens with two attached hydrogens (primary N) is 1. The summed E-state index contributed by atoms with van der Waals surface area (Å²) in [6, 6.07) is 8.87. The molecule has 2 aromatic rings. The van der Waals surface area contributed by atoms with Crippen LogP contribution in [0, 0.1) is 0 Å². The SMILES string of the molecule is COc1cccc(Oc2ccnc(N)n2)c1. The standard InChI is InChI=1S/C11H11N3O2/c1-15-8-3-2-4-9(7-8)16-10-5-6-13-11(12)14-10/h2-7H,1H3,(H2,12,13,14). The largest absolute Gasteiger partial charge is 0.497 e. The first kappa shape index (κ1) is 10.2. The van der Waals surface area contributed by atoms with Gasteiger partial charge in [-0.3, -0.25) is 0 Å². The van der Waals surface area contributed by atoms with Gasteiger partial charge in [-0.1, -0.05) is 6.07 Å². The monoisotopic (exact) mass is 217 g/mol. The molecule has 0 unspecified atom stereocenters. The highest BCUT2D eigenvalue weighted by Gasteiger charge is 2.00. The first-order valence-electron chi connectivity index (χ1n) is 4.68. The second kappa shape index (κ2) is 4.48. The minimum absolute atomic E-state index is 0.181. The molecule has 0 saturated heterocycles. The van der Waals surface area contributed by atoms with Crippen molar-refractivity contribution in [3.05, 3.63) is 36.5 Å². The molecule has 0 radical (unpaired) electrons. The molecule has 2 N–H and O–H groups in total. The highest BCUT2D eigenvalue weighted by molar-refractivity contribution is 5.35. The first-order chi connectivity index (χ1) is 7.78. The molecule has 82 valence electrons. The van der Waals surface area contributed by atoms with E-state index >= 15 is 0 Å². The van der Waals surface area contributed by atoms with Gasteiger partial charge in [0.1, 0.15) is 11.5 Å². The van der Waals surface area contributed by atoms with Crippen molar-refractivity contribution < 1.29 is 9.47 Å². The molecule has 0 aliphatic heterocycles. The number of hydrogen-bond donors (Lipinski definition) is 1. The molecule has 0 aliphatic carbocycles. The number of benzene rings is 1. The lowest BCUT2D eigenvalue weighted by Gasteiger charge is -2.06. The Hall–Kier alpha value is -2.30. The van der Waals surface area contributed by atoms with Crippen LogP contribution >= 0.6 is 0 Å². The fraction of sp³-hybridized carbons (Fsp3) is 0.0909. The molecular weight excluding hydrogens is 206 g/mol. The Kier molecular flexibility index (Phi) is 2.86. The average Bonchev–Trinajstić information content (AvgIpc) is 2.29. The van der Waals surface area contributed by atoms with Crippen molar-refractivity contribution >= 4 is 5.95 Å². The van der Waals surface area contributed by atoms with E-state index in [9.17, 15) is 0 Å². The van der Waals surface area contributed by atoms with E-state index in [0.29, 0.717) is 11.6 Å². The Labute approximate surface area is 92.9 Å². The Bertz CT molecular complexity index is 488. The molecule has 1 aromatic heterocycles. The van der Waals surface area contributed by atoms with Crippen LogP contribution in [0.1, 0.15) is 0 Å². The van der Waals surface area contributed by atoms with E-state index in [4.69, 9.17) is 15.2 Å². The molecule has 16 heavy (non-hydrogen) atoms. The van der Waals surface area contributed by atoms with Crippen LogP contribution < -0.4 is 15.2 Å². The fourth-order valence-electron chi connectivity index (χ4n) is 1.20. The van der Waals surface area contributed by atoms with Gasteiger partial charge in [0.05, 0.1) is 7.11 Å². The molecule has 0 atom stereocenters. The van der Waals surface area contributed by atoms with Crippen molar-refractivity contribution in [1.29, 1.82) is 0 Å². The Morgan fingerprint density at radius 3 is 2.75 bits per heavy atom. The van der Waals surface area contributed by atoms with Gasteiger partial charge in [0.2, 0.25) is 11.8 Å². The Morgan fingerprint density at radius 2 is 2.00 bits per heavy atom. The van der Waals surface area contributed by atoms with E-state index in [1.165, 1.54) is 6.20 Å². The lowest BCUT2D eigenvalue weighted by atomic mass is 10.3. The van der Waals surface area contributed by atoms with Crippen molar-refractivity contribution in [2.45, 2.75) is 0 Å². The number of hydrogen-bond acceptors (Lipinski definition) is 5. The summed E-state index contributed by atoms with van der Waals surface area (Å²) in [5, 5.41) is 0. The predicted octanol–water partition coefficient (Wildman–Crippen LogP) is 1.86. The molecule has 1 aromatic carbocycles. The predicted molar refractivity (Wildman–Crippen MR) is 59.5 cm³/mol. The summed E-state index contributed by atoms with van der Waals surface area (Å²) in [6.07, 6.45) is 1.54. The van der Waals surface area contributed by atoms with Gasteiger partial charge >= 0.3 is 0 Å². The summed E-state index contributed by atoms with van der Waals surface area (Å²) in [7, 11) is 1.60. The molecule has 5 heteroatoms. The van der Waals surface area contributed by atoms with E-state index in [1.54, 1.807) is 25.3 Å². The van der Waals surface area contributed by atoms with Gasteiger partial charge in [-0.25, -0.2) is 4.98 Å². The summed E-state index contributed by atoms with van der Waals surface area (Å²) < 4.78 is 10.6. The normalized spacial score (nSPS) is 9.81. The number of aromatic nitrogens is 2. The zero-order chi connectivity index (χ0) is 11.4. The van der Waals surface area contributed by atoms with Gasteiger partial charge in [0, 0.05) is 18.3 Å². The lowest BCUT2D eigenvalue weighted by molar-refractivity contribution is 0.407. The van der Waals surface area contributed by atoms with E-state index in [1.807, 2.05) is 12.1 Å². The number of nitrogen functional groups attached to an aromatic ring is 1. The topological polar surface area (TPSA) is 70.3 Å². The molecule has 0 fully saturated rings. The molecule has 5 nitrogen and oxygen atoms in total. The summed E-state index contributed by atoms with van der Waals surface area (Å²) in [4.78, 5) is 7.70. The number of ether oxygens (including phenoxy) is 2. The van der Waals surface area contributed by atoms with Crippen LogP contribution in [0.3, 0.4) is 0 Å². The third-order valence-corrected chi connectivity index (χ3v) is 1.91. The van der Waals surface area contributed by atoms with Crippen molar-refractivity contribution in [1.82, 2.24) is 9.97 Å². The van der Waals surface area contributed by atoms with E-state index in [-0.39, 0.29) is 5.95 Å². The maximum absolute atomic E-state index is 5.49. The van der Waals surface area contributed by atoms with Gasteiger partial charge in [0.15, 0.2) is 0 Å². The van der Waals surface area contributed by atoms with Crippen molar-refractivity contribution in [2.75, 3.05) is 12.8 Å². The highest BCUT2D eigenvalue weighted by atomic mass is 16.5. The third-order valence-electron chi connectivity index (χ3n) is 1.91. The maximum atomic E-state index is 5.49. The van der Waals surface area contributed by atoms with Gasteiger partial charge in [0.25, 0.3) is 0 Å². The highest BCUT2D eigenvalue weighted by Crippen LogP contribution is 2.23. The average molecular weight is 217 g/mol. The summed E-state index contributed by atoms with van der Waals surface area (Å²) in [5.41, 5.74) is 5.44. The maximum Gasteiger partial charge on any atom is 0.224 e. The molecular formula is C11H11N3O2. The molecule has 1 heterocycles. The number of methoxy groups -OCH3 is 1. The first-order valence-corrected chi connectivity index (χ1v) is 4.68. The van der Waals surface area contributed by atoms with Crippen LogP contribution in [-0.4, -0.2) is 17.1 Å². The molecule has 0 bridgehead atoms. The number of nitrogens with zero attached hydrogens (tertiary/aromatic N) is 2. The number of rotatable bonds is 3. The van der Waals surface area contributed by atoms with E-state index in [2.05, 4.69) is 9.97 Å². The second-order valence-corrected chi connectivity index (χ2v) is 3.03. The van der Waals surface area contributed by atoms with Crippen LogP contribution in [0.4, 0.5) is 5.95 Å². The van der Waals surface area contributed by atoms with Crippen molar-refractivity contribution in [2.24, 2.45) is 0 Å². The van der Waals surface area contributed by atoms with E-state index < -0.39 is 0 Å². The molecule has 0 saturated carbocycles. The quantitative estimate of drug-likeness (QED) is 0.849. The summed E-state index contributed by atoms with van der Waals surface area (Å²) in [5.74, 6) is 1.94. The van der Waals surface area contributed by atoms with Crippen LogP contribution in [0.25, 0.3) is 0 Å². The van der Waals surface area contributed by atoms with Crippen LogP contribution in [0.2, 0.25) is 0 Å². The number of anilines is 1. The van der Waals surface area contributed by atoms with Gasteiger partial charge in [-0.05, 0) is 12.1 Å². The van der Waals surface area contributed by atoms with Gasteiger partial charge < -0.3 is 15.2 Å². The smallest absolute Gasteiger partial charge is 0.224 e. The van der Waals surface area contributed by atoms with Crippen LogP contribution in [0.15, 0.2) is 36.5 Å². The van der Waals surface area contributed by atoms with Gasteiger partial charge in [-0.2, -0.15) is 4.98 Å². The molecule has 2 rings (SSSR count). The summed E-state index contributed by atoms with van der Waals surface area (Å²) >= 11 is 0. The van der Waals surface area contributed by atoms with Crippen LogP contribution in [0.5, 0.6) is 17.4 Å². The third kappa shape index (κ3) is 2.38. The lowest BCUT2D eigenvalue weighted by Crippen LogP contribution is -1.96. The Morgan fingerprint density at radius 1 is 1.19 bits per heavy atom. The molecule has 0 aliphatic rings. The van der Waals surface area contributed by atoms with E-state index in [0.717, 1.165) is 5.75 Å². The fourth-order valence-corrected chi connectivity index (χ4v) is 1.20. The Balaban J connectivity index is 2.20. The zero-order valence-corrected chi connectivity index (χ0v) is 8.75. The zero-order valence-electron chi connectivity index (χ0n) is 8.75. The van der Waals surface area contributed by atoms with Crippen molar-refractivity contribution in [3.63, 3.8) is 0 Å².